The van der Waals surface area contributed by atoms with E-state index in [0.717, 1.165) is 11.3 Å². The van der Waals surface area contributed by atoms with Crippen molar-refractivity contribution in [1.29, 1.82) is 0 Å². The van der Waals surface area contributed by atoms with Crippen molar-refractivity contribution in [1.82, 2.24) is 0 Å². The molecule has 0 heterocycles. The van der Waals surface area contributed by atoms with Gasteiger partial charge in [0.25, 0.3) is 0 Å². The molecular weight excluding hydrogens is 330 g/mol. The highest BCUT2D eigenvalue weighted by molar-refractivity contribution is 7.98. The van der Waals surface area contributed by atoms with Crippen LogP contribution < -0.4 is 10.1 Å². The molecule has 0 fully saturated rings. The molecule has 0 unspecified atom stereocenters. The van der Waals surface area contributed by atoms with Crippen LogP contribution >= 0.6 is 11.8 Å². The molecule has 0 saturated carbocycles. The molecule has 3 aromatic carbocycles. The normalized spacial score (nSPS) is 10.3. The first kappa shape index (κ1) is 17.1. The maximum absolute atomic E-state index is 12.4. The summed E-state index contributed by atoms with van der Waals surface area (Å²) in [5.74, 6) is 1.29. The molecule has 3 aromatic rings. The van der Waals surface area contributed by atoms with E-state index in [1.807, 2.05) is 85.1 Å². The summed E-state index contributed by atoms with van der Waals surface area (Å²) in [6, 6.07) is 25.0. The third-order valence-corrected chi connectivity index (χ3v) is 4.40. The summed E-state index contributed by atoms with van der Waals surface area (Å²) >= 11 is 1.68. The van der Waals surface area contributed by atoms with E-state index in [4.69, 9.17) is 4.74 Å². The van der Waals surface area contributed by atoms with Crippen LogP contribution in [0.1, 0.15) is 5.56 Å². The van der Waals surface area contributed by atoms with Crippen molar-refractivity contribution in [3.63, 3.8) is 0 Å². The minimum Gasteiger partial charge on any atom is -0.455 e. The van der Waals surface area contributed by atoms with E-state index >= 15 is 0 Å². The van der Waals surface area contributed by atoms with Gasteiger partial charge >= 0.3 is 0 Å². The quantitative estimate of drug-likeness (QED) is 0.607. The van der Waals surface area contributed by atoms with Gasteiger partial charge in [0.05, 0.1) is 12.1 Å². The third-order valence-electron chi connectivity index (χ3n) is 3.66. The average Bonchev–Trinajstić information content (AvgIpc) is 2.65. The first-order chi connectivity index (χ1) is 12.2. The zero-order valence-corrected chi connectivity index (χ0v) is 14.8. The van der Waals surface area contributed by atoms with Crippen LogP contribution in [0.2, 0.25) is 0 Å². The minimum absolute atomic E-state index is 0.0685. The van der Waals surface area contributed by atoms with E-state index in [1.54, 1.807) is 11.8 Å². The Bertz CT molecular complexity index is 832. The molecule has 0 saturated heterocycles. The number of carbonyl (C=O) groups excluding carboxylic acids is 1. The first-order valence-electron chi connectivity index (χ1n) is 7.99. The largest absolute Gasteiger partial charge is 0.455 e. The average molecular weight is 349 g/mol. The molecule has 0 aliphatic heterocycles. The fourth-order valence-corrected chi connectivity index (χ4v) is 2.81. The van der Waals surface area contributed by atoms with E-state index in [0.29, 0.717) is 17.9 Å². The molecule has 0 aliphatic rings. The lowest BCUT2D eigenvalue weighted by Crippen LogP contribution is -2.14. The van der Waals surface area contributed by atoms with Crippen LogP contribution in [0, 0.1) is 0 Å². The van der Waals surface area contributed by atoms with E-state index < -0.39 is 0 Å². The summed E-state index contributed by atoms with van der Waals surface area (Å²) in [4.78, 5) is 13.6. The Morgan fingerprint density at radius 3 is 2.32 bits per heavy atom. The first-order valence-corrected chi connectivity index (χ1v) is 9.22. The van der Waals surface area contributed by atoms with E-state index in [9.17, 15) is 4.79 Å². The smallest absolute Gasteiger partial charge is 0.228 e. The van der Waals surface area contributed by atoms with E-state index in [2.05, 4.69) is 5.32 Å². The van der Waals surface area contributed by atoms with Crippen molar-refractivity contribution < 1.29 is 9.53 Å². The Morgan fingerprint density at radius 2 is 1.60 bits per heavy atom. The summed E-state index contributed by atoms with van der Waals surface area (Å²) in [6.45, 7) is 0. The highest BCUT2D eigenvalue weighted by Crippen LogP contribution is 2.29. The van der Waals surface area contributed by atoms with Crippen molar-refractivity contribution in [3.8, 4) is 11.5 Å². The summed E-state index contributed by atoms with van der Waals surface area (Å²) < 4.78 is 5.87. The lowest BCUT2D eigenvalue weighted by molar-refractivity contribution is -0.115. The second-order valence-corrected chi connectivity index (χ2v) is 6.36. The number of nitrogens with one attached hydrogen (secondary N) is 1. The number of carbonyl (C=O) groups is 1. The van der Waals surface area contributed by atoms with Gasteiger partial charge in [0.1, 0.15) is 5.75 Å². The van der Waals surface area contributed by atoms with Crippen LogP contribution in [0.3, 0.4) is 0 Å². The number of thioether (sulfide) groups is 1. The van der Waals surface area contributed by atoms with Crippen molar-refractivity contribution in [2.75, 3.05) is 11.6 Å². The molecule has 0 bridgehead atoms. The molecule has 4 heteroatoms. The molecule has 0 radical (unpaired) electrons. The Kier molecular flexibility index (Phi) is 5.75. The number of benzene rings is 3. The SMILES string of the molecule is CSc1ccc(CC(=O)Nc2ccccc2Oc2ccccc2)cc1. The van der Waals surface area contributed by atoms with Crippen molar-refractivity contribution in [2.45, 2.75) is 11.3 Å². The number of hydrogen-bond acceptors (Lipinski definition) is 3. The van der Waals surface area contributed by atoms with Gasteiger partial charge in [-0.15, -0.1) is 11.8 Å². The molecule has 0 spiro atoms. The van der Waals surface area contributed by atoms with Crippen LogP contribution in [0.25, 0.3) is 0 Å². The number of anilines is 1. The van der Waals surface area contributed by atoms with Gasteiger partial charge in [-0.3, -0.25) is 4.79 Å². The second kappa shape index (κ2) is 8.40. The maximum Gasteiger partial charge on any atom is 0.228 e. The molecule has 1 amide bonds. The van der Waals surface area contributed by atoms with E-state index in [1.165, 1.54) is 4.90 Å². The van der Waals surface area contributed by atoms with Gasteiger partial charge < -0.3 is 10.1 Å². The highest BCUT2D eigenvalue weighted by Gasteiger charge is 2.09. The predicted molar refractivity (Wildman–Crippen MR) is 104 cm³/mol. The summed E-state index contributed by atoms with van der Waals surface area (Å²) in [7, 11) is 0. The maximum atomic E-state index is 12.4. The molecule has 0 atom stereocenters. The van der Waals surface area contributed by atoms with Gasteiger partial charge in [0.15, 0.2) is 5.75 Å². The minimum atomic E-state index is -0.0685. The lowest BCUT2D eigenvalue weighted by Gasteiger charge is -2.12. The molecule has 25 heavy (non-hydrogen) atoms. The zero-order chi connectivity index (χ0) is 17.5. The molecule has 1 N–H and O–H groups in total. The second-order valence-electron chi connectivity index (χ2n) is 5.48. The highest BCUT2D eigenvalue weighted by atomic mass is 32.2. The van der Waals surface area contributed by atoms with Crippen molar-refractivity contribution in [2.24, 2.45) is 0 Å². The van der Waals surface area contributed by atoms with Gasteiger partial charge in [-0.1, -0.05) is 42.5 Å². The Labute approximate surface area is 152 Å². The molecule has 3 rings (SSSR count). The Balaban J connectivity index is 1.68. The molecular formula is C21H19NO2S. The van der Waals surface area contributed by atoms with Crippen LogP contribution in [-0.4, -0.2) is 12.2 Å². The summed E-state index contributed by atoms with van der Waals surface area (Å²) in [5.41, 5.74) is 1.65. The summed E-state index contributed by atoms with van der Waals surface area (Å²) in [6.07, 6.45) is 2.36. The van der Waals surface area contributed by atoms with Gasteiger partial charge in [-0.05, 0) is 48.2 Å². The molecule has 126 valence electrons. The van der Waals surface area contributed by atoms with Crippen LogP contribution in [-0.2, 0) is 11.2 Å². The number of hydrogen-bond donors (Lipinski definition) is 1. The fraction of sp³-hybridized carbons (Fsp3) is 0.0952. The summed E-state index contributed by atoms with van der Waals surface area (Å²) in [5, 5.41) is 2.94. The number of rotatable bonds is 6. The fourth-order valence-electron chi connectivity index (χ4n) is 2.40. The zero-order valence-electron chi connectivity index (χ0n) is 13.9. The van der Waals surface area contributed by atoms with Crippen LogP contribution in [0.5, 0.6) is 11.5 Å². The molecule has 3 nitrogen and oxygen atoms in total. The van der Waals surface area contributed by atoms with Crippen LogP contribution in [0.4, 0.5) is 5.69 Å². The molecule has 0 aromatic heterocycles. The van der Waals surface area contributed by atoms with E-state index in [-0.39, 0.29) is 5.91 Å². The van der Waals surface area contributed by atoms with Gasteiger partial charge in [0, 0.05) is 4.90 Å². The van der Waals surface area contributed by atoms with Gasteiger partial charge in [-0.2, -0.15) is 0 Å². The topological polar surface area (TPSA) is 38.3 Å². The number of amides is 1. The van der Waals surface area contributed by atoms with Gasteiger partial charge in [-0.25, -0.2) is 0 Å². The number of para-hydroxylation sites is 3. The van der Waals surface area contributed by atoms with Crippen LogP contribution in [0.15, 0.2) is 83.8 Å². The standard InChI is InChI=1S/C21H19NO2S/c1-25-18-13-11-16(12-14-18)15-21(23)22-19-9-5-6-10-20(19)24-17-7-3-2-4-8-17/h2-14H,15H2,1H3,(H,22,23). The number of ether oxygens (including phenoxy) is 1. The molecule has 0 aliphatic carbocycles. The Hall–Kier alpha value is -2.72. The Morgan fingerprint density at radius 1 is 0.920 bits per heavy atom. The lowest BCUT2D eigenvalue weighted by atomic mass is 10.1. The van der Waals surface area contributed by atoms with Gasteiger partial charge in [0.2, 0.25) is 5.91 Å². The van der Waals surface area contributed by atoms with Crippen molar-refractivity contribution in [3.05, 3.63) is 84.4 Å². The third kappa shape index (κ3) is 4.88. The predicted octanol–water partition coefficient (Wildman–Crippen LogP) is 5.38. The van der Waals surface area contributed by atoms with Crippen molar-refractivity contribution >= 4 is 23.4 Å². The monoisotopic (exact) mass is 349 g/mol.